The monoisotopic (exact) mass is 412 g/mol. The van der Waals surface area contributed by atoms with E-state index in [-0.39, 0.29) is 12.2 Å². The maximum atomic E-state index is 11.3. The standard InChI is InChI=1S/C20H24N6O4/c1-4-29-17(30-5-2)12-25-20(21)18(19(24-25)16-7-6-10-22-23-16)15-11-14(26(27)28)9-8-13(15)3/h6-11,17H,4-5,12,21H2,1-3H3. The number of nitro benzene ring substituents is 1. The number of aryl methyl sites for hydroxylation is 1. The third-order valence-electron chi connectivity index (χ3n) is 4.54. The highest BCUT2D eigenvalue weighted by Gasteiger charge is 2.24. The van der Waals surface area contributed by atoms with Crippen molar-refractivity contribution in [2.45, 2.75) is 33.6 Å². The van der Waals surface area contributed by atoms with E-state index in [0.717, 1.165) is 5.56 Å². The summed E-state index contributed by atoms with van der Waals surface area (Å²) in [6.45, 7) is 6.82. The lowest BCUT2D eigenvalue weighted by Crippen LogP contribution is -2.25. The normalized spacial score (nSPS) is 11.2. The molecule has 0 fully saturated rings. The summed E-state index contributed by atoms with van der Waals surface area (Å²) in [6.07, 6.45) is 1.03. The van der Waals surface area contributed by atoms with E-state index in [4.69, 9.17) is 15.2 Å². The summed E-state index contributed by atoms with van der Waals surface area (Å²) >= 11 is 0. The molecule has 3 rings (SSSR count). The lowest BCUT2D eigenvalue weighted by molar-refractivity contribution is -0.384. The van der Waals surface area contributed by atoms with Gasteiger partial charge in [0, 0.05) is 31.5 Å². The molecule has 0 amide bonds. The molecule has 0 aliphatic rings. The molecule has 0 unspecified atom stereocenters. The molecule has 30 heavy (non-hydrogen) atoms. The Labute approximate surface area is 173 Å². The zero-order valence-electron chi connectivity index (χ0n) is 17.1. The number of hydrogen-bond donors (Lipinski definition) is 1. The predicted octanol–water partition coefficient (Wildman–Crippen LogP) is 3.21. The predicted molar refractivity (Wildman–Crippen MR) is 112 cm³/mol. The van der Waals surface area contributed by atoms with E-state index < -0.39 is 11.2 Å². The van der Waals surface area contributed by atoms with Gasteiger partial charge in [0.1, 0.15) is 17.2 Å². The van der Waals surface area contributed by atoms with Crippen molar-refractivity contribution in [3.05, 3.63) is 52.2 Å². The summed E-state index contributed by atoms with van der Waals surface area (Å²) < 4.78 is 12.8. The molecule has 158 valence electrons. The Bertz CT molecular complexity index is 1020. The van der Waals surface area contributed by atoms with Gasteiger partial charge in [-0.05, 0) is 44.0 Å². The van der Waals surface area contributed by atoms with Gasteiger partial charge in [-0.15, -0.1) is 5.10 Å². The van der Waals surface area contributed by atoms with Crippen LogP contribution in [0.5, 0.6) is 0 Å². The number of nitrogens with two attached hydrogens (primary N) is 1. The number of anilines is 1. The molecule has 0 saturated heterocycles. The smallest absolute Gasteiger partial charge is 0.270 e. The van der Waals surface area contributed by atoms with Crippen molar-refractivity contribution in [1.29, 1.82) is 0 Å². The van der Waals surface area contributed by atoms with E-state index in [2.05, 4.69) is 15.3 Å². The molecule has 0 saturated carbocycles. The van der Waals surface area contributed by atoms with Crippen LogP contribution in [0.2, 0.25) is 0 Å². The minimum Gasteiger partial charge on any atom is -0.383 e. The van der Waals surface area contributed by atoms with Crippen LogP contribution in [-0.2, 0) is 16.0 Å². The molecule has 0 radical (unpaired) electrons. The first-order valence-electron chi connectivity index (χ1n) is 9.59. The maximum Gasteiger partial charge on any atom is 0.270 e. The average molecular weight is 412 g/mol. The second kappa shape index (κ2) is 9.42. The number of aromatic nitrogens is 4. The van der Waals surface area contributed by atoms with Gasteiger partial charge in [-0.2, -0.15) is 10.2 Å². The van der Waals surface area contributed by atoms with Crippen LogP contribution in [0.1, 0.15) is 19.4 Å². The first-order valence-corrected chi connectivity index (χ1v) is 9.59. The van der Waals surface area contributed by atoms with Crippen LogP contribution >= 0.6 is 0 Å². The number of ether oxygens (including phenoxy) is 2. The highest BCUT2D eigenvalue weighted by atomic mass is 16.7. The van der Waals surface area contributed by atoms with Crippen LogP contribution in [0, 0.1) is 17.0 Å². The van der Waals surface area contributed by atoms with Gasteiger partial charge in [-0.1, -0.05) is 6.07 Å². The first-order chi connectivity index (χ1) is 14.5. The van der Waals surface area contributed by atoms with E-state index >= 15 is 0 Å². The van der Waals surface area contributed by atoms with Crippen molar-refractivity contribution in [2.24, 2.45) is 0 Å². The van der Waals surface area contributed by atoms with Gasteiger partial charge in [0.2, 0.25) is 0 Å². The molecular formula is C20H24N6O4. The number of benzene rings is 1. The molecule has 10 nitrogen and oxygen atoms in total. The summed E-state index contributed by atoms with van der Waals surface area (Å²) in [4.78, 5) is 10.9. The molecule has 3 aromatic rings. The van der Waals surface area contributed by atoms with Crippen LogP contribution in [0.4, 0.5) is 11.5 Å². The molecule has 0 atom stereocenters. The maximum absolute atomic E-state index is 11.3. The first kappa shape index (κ1) is 21.3. The van der Waals surface area contributed by atoms with Crippen LogP contribution in [-0.4, -0.2) is 44.4 Å². The third kappa shape index (κ3) is 4.44. The summed E-state index contributed by atoms with van der Waals surface area (Å²) in [5, 5.41) is 24.0. The molecule has 2 heterocycles. The molecule has 2 aromatic heterocycles. The lowest BCUT2D eigenvalue weighted by atomic mass is 9.98. The van der Waals surface area contributed by atoms with Gasteiger partial charge in [-0.25, -0.2) is 4.68 Å². The van der Waals surface area contributed by atoms with Crippen LogP contribution in [0.15, 0.2) is 36.5 Å². The summed E-state index contributed by atoms with van der Waals surface area (Å²) in [7, 11) is 0. The number of hydrogen-bond acceptors (Lipinski definition) is 8. The fourth-order valence-corrected chi connectivity index (χ4v) is 3.15. The van der Waals surface area contributed by atoms with Gasteiger partial charge in [0.05, 0.1) is 17.0 Å². The summed E-state index contributed by atoms with van der Waals surface area (Å²) in [5.41, 5.74) is 9.43. The topological polar surface area (TPSA) is 131 Å². The lowest BCUT2D eigenvalue weighted by Gasteiger charge is -2.17. The highest BCUT2D eigenvalue weighted by molar-refractivity contribution is 5.89. The Kier molecular flexibility index (Phi) is 6.70. The minimum absolute atomic E-state index is 0.0330. The average Bonchev–Trinajstić information content (AvgIpc) is 3.05. The number of nitrogens with zero attached hydrogens (tertiary/aromatic N) is 5. The Morgan fingerprint density at radius 1 is 1.23 bits per heavy atom. The van der Waals surface area contributed by atoms with Gasteiger partial charge in [0.25, 0.3) is 5.69 Å². The van der Waals surface area contributed by atoms with E-state index in [1.165, 1.54) is 12.1 Å². The second-order valence-corrected chi connectivity index (χ2v) is 6.50. The van der Waals surface area contributed by atoms with Crippen molar-refractivity contribution < 1.29 is 14.4 Å². The Hall–Kier alpha value is -3.37. The van der Waals surface area contributed by atoms with Gasteiger partial charge < -0.3 is 15.2 Å². The number of non-ortho nitro benzene ring substituents is 1. The van der Waals surface area contributed by atoms with Gasteiger partial charge in [0.15, 0.2) is 6.29 Å². The van der Waals surface area contributed by atoms with E-state index in [0.29, 0.717) is 41.5 Å². The second-order valence-electron chi connectivity index (χ2n) is 6.50. The molecular weight excluding hydrogens is 388 g/mol. The van der Waals surface area contributed by atoms with E-state index in [1.54, 1.807) is 29.1 Å². The minimum atomic E-state index is -0.532. The van der Waals surface area contributed by atoms with E-state index in [9.17, 15) is 10.1 Å². The van der Waals surface area contributed by atoms with Crippen molar-refractivity contribution in [2.75, 3.05) is 18.9 Å². The number of rotatable bonds is 9. The third-order valence-corrected chi connectivity index (χ3v) is 4.54. The summed E-state index contributed by atoms with van der Waals surface area (Å²) in [5.74, 6) is 0.337. The Morgan fingerprint density at radius 3 is 2.57 bits per heavy atom. The number of nitrogen functional groups attached to an aromatic ring is 1. The van der Waals surface area contributed by atoms with Crippen molar-refractivity contribution >= 4 is 11.5 Å². The fraction of sp³-hybridized carbons (Fsp3) is 0.350. The van der Waals surface area contributed by atoms with Crippen LogP contribution < -0.4 is 5.73 Å². The molecule has 0 aliphatic carbocycles. The Balaban J connectivity index is 2.17. The largest absolute Gasteiger partial charge is 0.383 e. The van der Waals surface area contributed by atoms with Crippen molar-refractivity contribution in [1.82, 2.24) is 20.0 Å². The molecule has 0 bridgehead atoms. The Morgan fingerprint density at radius 2 is 1.97 bits per heavy atom. The van der Waals surface area contributed by atoms with Gasteiger partial charge >= 0.3 is 0 Å². The molecule has 0 aliphatic heterocycles. The quantitative estimate of drug-likeness (QED) is 0.322. The highest BCUT2D eigenvalue weighted by Crippen LogP contribution is 2.38. The van der Waals surface area contributed by atoms with Gasteiger partial charge in [-0.3, -0.25) is 10.1 Å². The molecule has 0 spiro atoms. The molecule has 1 aromatic carbocycles. The SMILES string of the molecule is CCOC(Cn1nc(-c2cccnn2)c(-c2cc([N+](=O)[O-])ccc2C)c1N)OCC. The molecule has 10 heteroatoms. The van der Waals surface area contributed by atoms with Crippen molar-refractivity contribution in [3.63, 3.8) is 0 Å². The zero-order valence-corrected chi connectivity index (χ0v) is 17.1. The zero-order chi connectivity index (χ0) is 21.7. The van der Waals surface area contributed by atoms with Crippen LogP contribution in [0.25, 0.3) is 22.5 Å². The number of nitro groups is 1. The summed E-state index contributed by atoms with van der Waals surface area (Å²) in [6, 6.07) is 8.15. The van der Waals surface area contributed by atoms with Crippen molar-refractivity contribution in [3.8, 4) is 22.5 Å². The molecule has 2 N–H and O–H groups in total. The van der Waals surface area contributed by atoms with Crippen LogP contribution in [0.3, 0.4) is 0 Å². The fourth-order valence-electron chi connectivity index (χ4n) is 3.15. The van der Waals surface area contributed by atoms with E-state index in [1.807, 2.05) is 20.8 Å².